The monoisotopic (exact) mass is 339 g/mol. The Kier molecular flexibility index (Phi) is 5.05. The molecule has 100 valence electrons. The summed E-state index contributed by atoms with van der Waals surface area (Å²) in [5, 5.41) is 2.23. The number of carbonyl (C=O) groups excluding carboxylic acids is 1. The van der Waals surface area contributed by atoms with Crippen molar-refractivity contribution in [2.24, 2.45) is 5.73 Å². The van der Waals surface area contributed by atoms with Crippen LogP contribution in [0.15, 0.2) is 27.6 Å². The number of rotatable bonds is 5. The van der Waals surface area contributed by atoms with Crippen LogP contribution >= 0.6 is 15.9 Å². The highest BCUT2D eigenvalue weighted by atomic mass is 79.9. The first kappa shape index (κ1) is 14.9. The summed E-state index contributed by atoms with van der Waals surface area (Å²) in [7, 11) is -3.76. The molecule has 0 aliphatic rings. The van der Waals surface area contributed by atoms with Gasteiger partial charge in [0.1, 0.15) is 5.82 Å². The van der Waals surface area contributed by atoms with Crippen LogP contribution in [-0.2, 0) is 10.0 Å². The smallest absolute Gasteiger partial charge is 0.312 e. The maximum absolute atomic E-state index is 12.8. The summed E-state index contributed by atoms with van der Waals surface area (Å²) in [6, 6.07) is 2.50. The summed E-state index contributed by atoms with van der Waals surface area (Å²) in [6.45, 7) is 0.0441. The van der Waals surface area contributed by atoms with Crippen LogP contribution < -0.4 is 15.8 Å². The standard InChI is InChI=1S/C9H11BrFN3O3S/c10-7-5-6(11)1-2-8(7)18(16,17)14-4-3-13-9(12)15/h1-2,5,14H,3-4H2,(H3,12,13,15). The first-order valence-electron chi connectivity index (χ1n) is 4.81. The van der Waals surface area contributed by atoms with E-state index in [0.29, 0.717) is 0 Å². The van der Waals surface area contributed by atoms with Gasteiger partial charge >= 0.3 is 6.03 Å². The highest BCUT2D eigenvalue weighted by molar-refractivity contribution is 9.10. The van der Waals surface area contributed by atoms with Crippen molar-refractivity contribution in [3.05, 3.63) is 28.5 Å². The van der Waals surface area contributed by atoms with Crippen molar-refractivity contribution in [1.82, 2.24) is 10.0 Å². The number of halogens is 2. The molecule has 0 aliphatic carbocycles. The van der Waals surface area contributed by atoms with E-state index in [1.54, 1.807) is 0 Å². The summed E-state index contributed by atoms with van der Waals surface area (Å²) in [5.74, 6) is -0.545. The lowest BCUT2D eigenvalue weighted by Crippen LogP contribution is -2.37. The van der Waals surface area contributed by atoms with Crippen LogP contribution in [0.4, 0.5) is 9.18 Å². The lowest BCUT2D eigenvalue weighted by Gasteiger charge is -2.08. The molecule has 18 heavy (non-hydrogen) atoms. The van der Waals surface area contributed by atoms with Crippen LogP contribution in [0.3, 0.4) is 0 Å². The molecule has 0 atom stereocenters. The molecule has 0 saturated carbocycles. The van der Waals surface area contributed by atoms with Gasteiger partial charge in [0.2, 0.25) is 10.0 Å². The minimum absolute atomic E-state index is 0.0188. The number of urea groups is 1. The number of carbonyl (C=O) groups is 1. The van der Waals surface area contributed by atoms with E-state index in [2.05, 4.69) is 26.0 Å². The molecule has 1 rings (SSSR count). The number of amides is 2. The minimum atomic E-state index is -3.76. The van der Waals surface area contributed by atoms with Crippen LogP contribution in [-0.4, -0.2) is 27.5 Å². The van der Waals surface area contributed by atoms with E-state index in [-0.39, 0.29) is 22.5 Å². The Morgan fingerprint density at radius 2 is 2.06 bits per heavy atom. The van der Waals surface area contributed by atoms with Crippen LogP contribution in [0.25, 0.3) is 0 Å². The molecule has 0 radical (unpaired) electrons. The molecule has 6 nitrogen and oxygen atoms in total. The third-order valence-electron chi connectivity index (χ3n) is 1.90. The molecule has 9 heteroatoms. The molecule has 0 aliphatic heterocycles. The van der Waals surface area contributed by atoms with Crippen molar-refractivity contribution < 1.29 is 17.6 Å². The van der Waals surface area contributed by atoms with Crippen molar-refractivity contribution in [3.63, 3.8) is 0 Å². The fourth-order valence-corrected chi connectivity index (χ4v) is 3.22. The Morgan fingerprint density at radius 1 is 1.39 bits per heavy atom. The van der Waals surface area contributed by atoms with Crippen molar-refractivity contribution in [2.45, 2.75) is 4.90 Å². The van der Waals surface area contributed by atoms with Gasteiger partial charge in [0.05, 0.1) is 4.90 Å². The van der Waals surface area contributed by atoms with Gasteiger partial charge in [0.15, 0.2) is 0 Å². The predicted octanol–water partition coefficient (Wildman–Crippen LogP) is 0.535. The Balaban J connectivity index is 2.71. The Bertz CT molecular complexity index is 550. The molecule has 0 heterocycles. The van der Waals surface area contributed by atoms with Gasteiger partial charge in [-0.3, -0.25) is 0 Å². The summed E-state index contributed by atoms with van der Waals surface area (Å²) in [4.78, 5) is 10.3. The Hall–Kier alpha value is -1.19. The molecule has 0 spiro atoms. The molecular formula is C9H11BrFN3O3S. The van der Waals surface area contributed by atoms with Gasteiger partial charge in [0.25, 0.3) is 0 Å². The normalized spacial score (nSPS) is 11.2. The van der Waals surface area contributed by atoms with Gasteiger partial charge in [-0.1, -0.05) is 0 Å². The van der Waals surface area contributed by atoms with E-state index in [4.69, 9.17) is 5.73 Å². The number of sulfonamides is 1. The molecular weight excluding hydrogens is 329 g/mol. The molecule has 0 aromatic heterocycles. The summed E-state index contributed by atoms with van der Waals surface area (Å²) in [5.41, 5.74) is 4.82. The molecule has 0 unspecified atom stereocenters. The van der Waals surface area contributed by atoms with Gasteiger partial charge in [-0.05, 0) is 34.1 Å². The Labute approximate surface area is 112 Å². The number of benzene rings is 1. The topological polar surface area (TPSA) is 101 Å². The fraction of sp³-hybridized carbons (Fsp3) is 0.222. The van der Waals surface area contributed by atoms with Gasteiger partial charge in [-0.25, -0.2) is 22.3 Å². The summed E-state index contributed by atoms with van der Waals surface area (Å²) >= 11 is 2.97. The van der Waals surface area contributed by atoms with E-state index in [0.717, 1.165) is 18.2 Å². The van der Waals surface area contributed by atoms with Crippen molar-refractivity contribution >= 4 is 32.0 Å². The van der Waals surface area contributed by atoms with E-state index < -0.39 is 21.9 Å². The lowest BCUT2D eigenvalue weighted by molar-refractivity contribution is 0.249. The lowest BCUT2D eigenvalue weighted by atomic mass is 10.3. The number of hydrogen-bond donors (Lipinski definition) is 3. The fourth-order valence-electron chi connectivity index (χ4n) is 1.14. The average molecular weight is 340 g/mol. The average Bonchev–Trinajstić information content (AvgIpc) is 2.23. The molecule has 2 amide bonds. The predicted molar refractivity (Wildman–Crippen MR) is 66.9 cm³/mol. The van der Waals surface area contributed by atoms with E-state index >= 15 is 0 Å². The molecule has 1 aromatic carbocycles. The minimum Gasteiger partial charge on any atom is -0.352 e. The highest BCUT2D eigenvalue weighted by Crippen LogP contribution is 2.22. The van der Waals surface area contributed by atoms with Crippen molar-refractivity contribution in [2.75, 3.05) is 13.1 Å². The van der Waals surface area contributed by atoms with Gasteiger partial charge in [-0.15, -0.1) is 0 Å². The third-order valence-corrected chi connectivity index (χ3v) is 4.34. The molecule has 0 saturated heterocycles. The largest absolute Gasteiger partial charge is 0.352 e. The zero-order valence-electron chi connectivity index (χ0n) is 9.11. The maximum atomic E-state index is 12.8. The summed E-state index contributed by atoms with van der Waals surface area (Å²) in [6.07, 6.45) is 0. The molecule has 0 bridgehead atoms. The second kappa shape index (κ2) is 6.12. The summed E-state index contributed by atoms with van der Waals surface area (Å²) < 4.78 is 38.8. The zero-order chi connectivity index (χ0) is 13.8. The van der Waals surface area contributed by atoms with Gasteiger partial charge < -0.3 is 11.1 Å². The van der Waals surface area contributed by atoms with Crippen LogP contribution in [0.2, 0.25) is 0 Å². The second-order valence-electron chi connectivity index (χ2n) is 3.26. The number of nitrogens with two attached hydrogens (primary N) is 1. The van der Waals surface area contributed by atoms with Crippen molar-refractivity contribution in [3.8, 4) is 0 Å². The number of primary amides is 1. The molecule has 4 N–H and O–H groups in total. The first-order valence-corrected chi connectivity index (χ1v) is 7.08. The number of nitrogens with one attached hydrogen (secondary N) is 2. The van der Waals surface area contributed by atoms with Crippen LogP contribution in [0.5, 0.6) is 0 Å². The molecule has 1 aromatic rings. The third kappa shape index (κ3) is 4.24. The quantitative estimate of drug-likeness (QED) is 0.682. The SMILES string of the molecule is NC(=O)NCCNS(=O)(=O)c1ccc(F)cc1Br. The van der Waals surface area contributed by atoms with E-state index in [1.165, 1.54) is 0 Å². The maximum Gasteiger partial charge on any atom is 0.312 e. The zero-order valence-corrected chi connectivity index (χ0v) is 11.5. The van der Waals surface area contributed by atoms with Gasteiger partial charge in [-0.2, -0.15) is 0 Å². The van der Waals surface area contributed by atoms with Crippen LogP contribution in [0, 0.1) is 5.82 Å². The van der Waals surface area contributed by atoms with Crippen LogP contribution in [0.1, 0.15) is 0 Å². The molecule has 0 fully saturated rings. The first-order chi connectivity index (χ1) is 8.33. The Morgan fingerprint density at radius 3 is 2.61 bits per heavy atom. The second-order valence-corrected chi connectivity index (χ2v) is 5.85. The van der Waals surface area contributed by atoms with E-state index in [9.17, 15) is 17.6 Å². The highest BCUT2D eigenvalue weighted by Gasteiger charge is 2.17. The van der Waals surface area contributed by atoms with Crippen molar-refractivity contribution in [1.29, 1.82) is 0 Å². The van der Waals surface area contributed by atoms with Gasteiger partial charge in [0, 0.05) is 17.6 Å². The van der Waals surface area contributed by atoms with E-state index in [1.807, 2.05) is 0 Å². The number of hydrogen-bond acceptors (Lipinski definition) is 3.